The van der Waals surface area contributed by atoms with Gasteiger partial charge in [0.1, 0.15) is 6.07 Å². The quantitative estimate of drug-likeness (QED) is 0.233. The van der Waals surface area contributed by atoms with Gasteiger partial charge in [0, 0.05) is 44.0 Å². The van der Waals surface area contributed by atoms with Gasteiger partial charge in [0.2, 0.25) is 5.95 Å². The average Bonchev–Trinajstić information content (AvgIpc) is 3.65. The second-order valence-electron chi connectivity index (χ2n) is 10.3. The Kier molecular flexibility index (Phi) is 8.07. The summed E-state index contributed by atoms with van der Waals surface area (Å²) in [6, 6.07) is 18.9. The molecule has 214 valence electrons. The maximum absolute atomic E-state index is 11.4. The summed E-state index contributed by atoms with van der Waals surface area (Å²) in [7, 11) is 0. The van der Waals surface area contributed by atoms with Crippen LogP contribution >= 0.6 is 0 Å². The van der Waals surface area contributed by atoms with Gasteiger partial charge in [-0.2, -0.15) is 5.26 Å². The van der Waals surface area contributed by atoms with Gasteiger partial charge in [-0.15, -0.1) is 10.2 Å². The van der Waals surface area contributed by atoms with Crippen LogP contribution < -0.4 is 4.90 Å². The molecule has 2 saturated heterocycles. The molecular weight excluding hydrogens is 534 g/mol. The van der Waals surface area contributed by atoms with Gasteiger partial charge in [-0.05, 0) is 53.8 Å². The van der Waals surface area contributed by atoms with Crippen molar-refractivity contribution in [3.63, 3.8) is 0 Å². The summed E-state index contributed by atoms with van der Waals surface area (Å²) in [5.74, 6) is 1.16. The third-order valence-corrected chi connectivity index (χ3v) is 7.66. The topological polar surface area (TPSA) is 123 Å². The number of nitro benzene ring substituents is 1. The highest BCUT2D eigenvalue weighted by Gasteiger charge is 2.28. The first-order chi connectivity index (χ1) is 20.6. The van der Waals surface area contributed by atoms with Crippen molar-refractivity contribution < 1.29 is 14.4 Å². The Bertz CT molecular complexity index is 1590. The number of anilines is 1. The number of rotatable bonds is 7. The molecule has 11 nitrogen and oxygen atoms in total. The van der Waals surface area contributed by atoms with Gasteiger partial charge in [-0.25, -0.2) is 0 Å². The van der Waals surface area contributed by atoms with E-state index in [1.807, 2.05) is 53.1 Å². The number of para-hydroxylation sites is 1. The van der Waals surface area contributed by atoms with Crippen LogP contribution in [0.3, 0.4) is 0 Å². The molecule has 3 aliphatic rings. The molecule has 0 atom stereocenters. The van der Waals surface area contributed by atoms with Gasteiger partial charge in [-0.1, -0.05) is 30.3 Å². The van der Waals surface area contributed by atoms with Gasteiger partial charge in [-0.3, -0.25) is 14.7 Å². The Labute approximate surface area is 243 Å². The molecule has 0 spiro atoms. The van der Waals surface area contributed by atoms with Gasteiger partial charge in [0.25, 0.3) is 5.69 Å². The molecule has 42 heavy (non-hydrogen) atoms. The number of ether oxygens (including phenoxy) is 2. The van der Waals surface area contributed by atoms with Crippen molar-refractivity contribution in [2.75, 3.05) is 57.5 Å². The SMILES string of the molecule is N#C/C(=C\C1=C(N2CCOCC2)C(=C\c2cccc([N+](=O)[O-])c2)/CC1)c1nnc(N2CCOCC2)n1-c1ccccc1. The Balaban J connectivity index is 1.45. The van der Waals surface area contributed by atoms with Crippen LogP contribution in [0.5, 0.6) is 0 Å². The van der Waals surface area contributed by atoms with Crippen LogP contribution in [-0.4, -0.2) is 77.2 Å². The number of non-ortho nitro benzene ring substituents is 1. The van der Waals surface area contributed by atoms with Gasteiger partial charge >= 0.3 is 0 Å². The molecule has 3 heterocycles. The summed E-state index contributed by atoms with van der Waals surface area (Å²) in [4.78, 5) is 15.4. The van der Waals surface area contributed by atoms with Crippen LogP contribution in [0.4, 0.5) is 11.6 Å². The second kappa shape index (κ2) is 12.4. The molecule has 0 N–H and O–H groups in total. The maximum Gasteiger partial charge on any atom is 0.270 e. The Morgan fingerprint density at radius 2 is 1.64 bits per heavy atom. The van der Waals surface area contributed by atoms with E-state index in [-0.39, 0.29) is 10.6 Å². The zero-order valence-electron chi connectivity index (χ0n) is 23.2. The molecule has 0 amide bonds. The molecule has 0 radical (unpaired) electrons. The number of morpholine rings is 2. The minimum atomic E-state index is -0.378. The number of nitrogens with zero attached hydrogens (tertiary/aromatic N) is 7. The van der Waals surface area contributed by atoms with E-state index in [0.29, 0.717) is 56.9 Å². The lowest BCUT2D eigenvalue weighted by atomic mass is 10.1. The number of aromatic nitrogens is 3. The number of nitro groups is 1. The fourth-order valence-electron chi connectivity index (χ4n) is 5.67. The Hall–Kier alpha value is -4.79. The molecule has 2 aliphatic heterocycles. The third kappa shape index (κ3) is 5.68. The van der Waals surface area contributed by atoms with E-state index in [2.05, 4.69) is 26.1 Å². The molecule has 2 fully saturated rings. The van der Waals surface area contributed by atoms with Crippen molar-refractivity contribution in [3.05, 3.63) is 99.0 Å². The van der Waals surface area contributed by atoms with Crippen molar-refractivity contribution in [2.24, 2.45) is 0 Å². The minimum Gasteiger partial charge on any atom is -0.378 e. The first-order valence-corrected chi connectivity index (χ1v) is 14.1. The number of hydrogen-bond acceptors (Lipinski definition) is 9. The smallest absolute Gasteiger partial charge is 0.270 e. The van der Waals surface area contributed by atoms with E-state index in [1.54, 1.807) is 12.1 Å². The summed E-state index contributed by atoms with van der Waals surface area (Å²) < 4.78 is 13.1. The molecule has 1 aromatic heterocycles. The van der Waals surface area contributed by atoms with Gasteiger partial charge in [0.15, 0.2) is 5.82 Å². The summed E-state index contributed by atoms with van der Waals surface area (Å²) in [5, 5.41) is 30.9. The zero-order chi connectivity index (χ0) is 28.9. The highest BCUT2D eigenvalue weighted by molar-refractivity contribution is 5.78. The van der Waals surface area contributed by atoms with E-state index in [0.717, 1.165) is 54.0 Å². The number of nitriles is 1. The van der Waals surface area contributed by atoms with Gasteiger partial charge < -0.3 is 19.3 Å². The third-order valence-electron chi connectivity index (χ3n) is 7.66. The Morgan fingerprint density at radius 1 is 0.929 bits per heavy atom. The van der Waals surface area contributed by atoms with Crippen molar-refractivity contribution >= 4 is 23.3 Å². The maximum atomic E-state index is 11.4. The van der Waals surface area contributed by atoms with Crippen LogP contribution in [-0.2, 0) is 9.47 Å². The van der Waals surface area contributed by atoms with E-state index >= 15 is 0 Å². The summed E-state index contributed by atoms with van der Waals surface area (Å²) in [6.07, 6.45) is 5.44. The normalized spacial score (nSPS) is 18.9. The highest BCUT2D eigenvalue weighted by Crippen LogP contribution is 2.38. The van der Waals surface area contributed by atoms with E-state index < -0.39 is 0 Å². The lowest BCUT2D eigenvalue weighted by Gasteiger charge is -2.31. The standard InChI is InChI=1S/C31H31N7O4/c32-22-26(30-33-34-31(36-13-17-42-18-14-36)37(30)27-6-2-1-3-7-27)21-25-10-9-24(29(25)35-11-15-41-16-12-35)19-23-5-4-8-28(20-23)38(39)40/h1-8,19-21H,9-18H2/b24-19-,26-21+. The van der Waals surface area contributed by atoms with Crippen molar-refractivity contribution in [1.29, 1.82) is 5.26 Å². The zero-order valence-corrected chi connectivity index (χ0v) is 23.2. The number of benzene rings is 2. The molecule has 3 aromatic rings. The van der Waals surface area contributed by atoms with Gasteiger partial charge in [0.05, 0.1) is 42.6 Å². The molecule has 0 saturated carbocycles. The largest absolute Gasteiger partial charge is 0.378 e. The summed E-state index contributed by atoms with van der Waals surface area (Å²) >= 11 is 0. The Morgan fingerprint density at radius 3 is 2.33 bits per heavy atom. The van der Waals surface area contributed by atoms with Crippen LogP contribution in [0.15, 0.2) is 77.5 Å². The lowest BCUT2D eigenvalue weighted by molar-refractivity contribution is -0.384. The second-order valence-corrected chi connectivity index (χ2v) is 10.3. The molecule has 2 aromatic carbocycles. The molecule has 0 bridgehead atoms. The molecule has 11 heteroatoms. The van der Waals surface area contributed by atoms with Crippen LogP contribution in [0, 0.1) is 21.4 Å². The van der Waals surface area contributed by atoms with E-state index in [9.17, 15) is 15.4 Å². The monoisotopic (exact) mass is 565 g/mol. The fourth-order valence-corrected chi connectivity index (χ4v) is 5.67. The summed E-state index contributed by atoms with van der Waals surface area (Å²) in [6.45, 7) is 5.26. The van der Waals surface area contributed by atoms with Crippen LogP contribution in [0.2, 0.25) is 0 Å². The van der Waals surface area contributed by atoms with Crippen LogP contribution in [0.1, 0.15) is 24.2 Å². The lowest BCUT2D eigenvalue weighted by Crippen LogP contribution is -2.38. The van der Waals surface area contributed by atoms with Crippen molar-refractivity contribution in [2.45, 2.75) is 12.8 Å². The number of allylic oxidation sites excluding steroid dienone is 4. The molecular formula is C31H31N7O4. The first kappa shape index (κ1) is 27.4. The predicted molar refractivity (Wildman–Crippen MR) is 158 cm³/mol. The first-order valence-electron chi connectivity index (χ1n) is 14.1. The molecule has 6 rings (SSSR count). The number of hydrogen-bond donors (Lipinski definition) is 0. The van der Waals surface area contributed by atoms with E-state index in [1.165, 1.54) is 6.07 Å². The van der Waals surface area contributed by atoms with Crippen molar-refractivity contribution in [1.82, 2.24) is 19.7 Å². The summed E-state index contributed by atoms with van der Waals surface area (Å²) in [5.41, 5.74) is 5.29. The fraction of sp³-hybridized carbons (Fsp3) is 0.323. The van der Waals surface area contributed by atoms with Crippen LogP contribution in [0.25, 0.3) is 17.3 Å². The predicted octanol–water partition coefficient (Wildman–Crippen LogP) is 4.38. The molecule has 0 unspecified atom stereocenters. The molecule has 1 aliphatic carbocycles. The highest BCUT2D eigenvalue weighted by atomic mass is 16.6. The van der Waals surface area contributed by atoms with Crippen molar-refractivity contribution in [3.8, 4) is 11.8 Å². The van der Waals surface area contributed by atoms with E-state index in [4.69, 9.17) is 9.47 Å². The average molecular weight is 566 g/mol. The minimum absolute atomic E-state index is 0.0578.